The summed E-state index contributed by atoms with van der Waals surface area (Å²) in [5.74, 6) is 0.273. The molecule has 3 aromatic carbocycles. The van der Waals surface area contributed by atoms with Crippen LogP contribution in [-0.4, -0.2) is 41.7 Å². The van der Waals surface area contributed by atoms with Gasteiger partial charge in [0.2, 0.25) is 5.91 Å². The highest BCUT2D eigenvalue weighted by molar-refractivity contribution is 7.92. The fourth-order valence-electron chi connectivity index (χ4n) is 3.78. The quantitative estimate of drug-likeness (QED) is 0.343. The molecular formula is C27H29F3N2O6S. The van der Waals surface area contributed by atoms with Gasteiger partial charge in [-0.15, -0.1) is 0 Å². The maximum absolute atomic E-state index is 13.7. The van der Waals surface area contributed by atoms with Gasteiger partial charge in [-0.1, -0.05) is 18.2 Å². The molecule has 0 saturated heterocycles. The van der Waals surface area contributed by atoms with E-state index in [-0.39, 0.29) is 22.1 Å². The number of methoxy groups -OCH3 is 2. The minimum absolute atomic E-state index is 0.0936. The molecule has 0 saturated carbocycles. The Balaban J connectivity index is 1.97. The number of benzene rings is 3. The van der Waals surface area contributed by atoms with Crippen molar-refractivity contribution in [2.45, 2.75) is 31.0 Å². The van der Waals surface area contributed by atoms with Crippen LogP contribution in [0.15, 0.2) is 71.6 Å². The van der Waals surface area contributed by atoms with Crippen molar-refractivity contribution in [3.8, 4) is 17.2 Å². The predicted octanol–water partition coefficient (Wildman–Crippen LogP) is 5.19. The number of alkyl halides is 3. The number of halogens is 3. The third kappa shape index (κ3) is 7.14. The summed E-state index contributed by atoms with van der Waals surface area (Å²) in [5.41, 5.74) is -0.667. The second kappa shape index (κ2) is 12.3. The summed E-state index contributed by atoms with van der Waals surface area (Å²) < 4.78 is 84.1. The summed E-state index contributed by atoms with van der Waals surface area (Å²) in [4.78, 5) is 12.8. The molecule has 39 heavy (non-hydrogen) atoms. The molecular weight excluding hydrogens is 537 g/mol. The molecule has 3 rings (SSSR count). The first-order valence-corrected chi connectivity index (χ1v) is 13.3. The summed E-state index contributed by atoms with van der Waals surface area (Å²) in [6.07, 6.45) is -4.72. The van der Waals surface area contributed by atoms with Crippen molar-refractivity contribution in [1.29, 1.82) is 0 Å². The van der Waals surface area contributed by atoms with Gasteiger partial charge in [0.05, 0.1) is 43.0 Å². The first-order valence-electron chi connectivity index (χ1n) is 11.8. The molecule has 0 heterocycles. The summed E-state index contributed by atoms with van der Waals surface area (Å²) >= 11 is 0. The van der Waals surface area contributed by atoms with Crippen LogP contribution in [0.3, 0.4) is 0 Å². The van der Waals surface area contributed by atoms with E-state index in [1.807, 2.05) is 6.92 Å². The van der Waals surface area contributed by atoms with E-state index in [0.717, 1.165) is 17.7 Å². The van der Waals surface area contributed by atoms with Crippen LogP contribution in [0.5, 0.6) is 17.2 Å². The minimum Gasteiger partial charge on any atom is -0.494 e. The Morgan fingerprint density at radius 1 is 0.974 bits per heavy atom. The van der Waals surface area contributed by atoms with Crippen LogP contribution in [0.25, 0.3) is 0 Å². The lowest BCUT2D eigenvalue weighted by molar-refractivity contribution is -0.137. The molecule has 0 aromatic heterocycles. The second-order valence-electron chi connectivity index (χ2n) is 8.37. The number of ether oxygens (including phenoxy) is 3. The largest absolute Gasteiger partial charge is 0.494 e. The highest BCUT2D eigenvalue weighted by atomic mass is 32.2. The molecule has 3 aromatic rings. The first-order chi connectivity index (χ1) is 18.4. The lowest BCUT2D eigenvalue weighted by Crippen LogP contribution is -2.41. The Bertz CT molecular complexity index is 1400. The third-order valence-corrected chi connectivity index (χ3v) is 7.53. The molecule has 0 aliphatic rings. The number of hydrogen-bond acceptors (Lipinski definition) is 6. The Morgan fingerprint density at radius 2 is 1.64 bits per heavy atom. The van der Waals surface area contributed by atoms with Gasteiger partial charge in [0.15, 0.2) is 11.5 Å². The molecule has 0 aliphatic carbocycles. The number of hydrogen-bond donors (Lipinski definition) is 1. The molecule has 210 valence electrons. The van der Waals surface area contributed by atoms with Gasteiger partial charge in [0, 0.05) is 6.07 Å². The average molecular weight is 567 g/mol. The SMILES string of the molecule is CCOc1ccc(C(C)NC(=O)CN(c2cccc(C(F)(F)F)c2)S(=O)(=O)c2ccc(OC)c(OC)c2)cc1. The zero-order chi connectivity index (χ0) is 28.8. The van der Waals surface area contributed by atoms with E-state index in [9.17, 15) is 26.4 Å². The first kappa shape index (κ1) is 29.6. The maximum Gasteiger partial charge on any atom is 0.416 e. The highest BCUT2D eigenvalue weighted by Crippen LogP contribution is 2.35. The van der Waals surface area contributed by atoms with E-state index in [2.05, 4.69) is 5.32 Å². The van der Waals surface area contributed by atoms with E-state index in [1.54, 1.807) is 31.2 Å². The van der Waals surface area contributed by atoms with Gasteiger partial charge in [-0.3, -0.25) is 9.10 Å². The van der Waals surface area contributed by atoms with Crippen molar-refractivity contribution < 1.29 is 40.6 Å². The van der Waals surface area contributed by atoms with Gasteiger partial charge in [-0.05, 0) is 61.9 Å². The Kier molecular flexibility index (Phi) is 9.33. The molecule has 0 spiro atoms. The van der Waals surface area contributed by atoms with Crippen molar-refractivity contribution in [1.82, 2.24) is 5.32 Å². The standard InChI is InChI=1S/C27H29F3N2O6S/c1-5-38-22-11-9-19(10-12-22)18(2)31-26(33)17-32(21-8-6-7-20(15-21)27(28,29)30)39(34,35)23-13-14-24(36-3)25(16-23)37-4/h6-16,18H,5,17H2,1-4H3,(H,31,33). The van der Waals surface area contributed by atoms with Crippen molar-refractivity contribution in [2.75, 3.05) is 31.7 Å². The summed E-state index contributed by atoms with van der Waals surface area (Å²) in [6, 6.07) is 14.0. The van der Waals surface area contributed by atoms with Gasteiger partial charge in [0.1, 0.15) is 12.3 Å². The number of nitrogens with zero attached hydrogens (tertiary/aromatic N) is 1. The van der Waals surface area contributed by atoms with E-state index in [0.29, 0.717) is 22.7 Å². The lowest BCUT2D eigenvalue weighted by atomic mass is 10.1. The second-order valence-corrected chi connectivity index (χ2v) is 10.2. The number of sulfonamides is 1. The van der Waals surface area contributed by atoms with E-state index in [4.69, 9.17) is 14.2 Å². The smallest absolute Gasteiger partial charge is 0.416 e. The predicted molar refractivity (Wildman–Crippen MR) is 140 cm³/mol. The molecule has 0 radical (unpaired) electrons. The fourth-order valence-corrected chi connectivity index (χ4v) is 5.21. The normalized spacial score (nSPS) is 12.4. The van der Waals surface area contributed by atoms with Crippen molar-refractivity contribution >= 4 is 21.6 Å². The van der Waals surface area contributed by atoms with Gasteiger partial charge in [-0.2, -0.15) is 13.2 Å². The number of anilines is 1. The van der Waals surface area contributed by atoms with Gasteiger partial charge in [-0.25, -0.2) is 8.42 Å². The van der Waals surface area contributed by atoms with Crippen molar-refractivity contribution in [3.63, 3.8) is 0 Å². The van der Waals surface area contributed by atoms with Crippen LogP contribution in [0.2, 0.25) is 0 Å². The zero-order valence-electron chi connectivity index (χ0n) is 21.8. The molecule has 1 unspecified atom stereocenters. The Hall–Kier alpha value is -3.93. The maximum atomic E-state index is 13.7. The van der Waals surface area contributed by atoms with Crippen molar-refractivity contribution in [3.05, 3.63) is 77.9 Å². The van der Waals surface area contributed by atoms with Crippen molar-refractivity contribution in [2.24, 2.45) is 0 Å². The van der Waals surface area contributed by atoms with Crippen LogP contribution >= 0.6 is 0 Å². The third-order valence-electron chi connectivity index (χ3n) is 5.76. The number of carbonyl (C=O) groups excluding carboxylic acids is 1. The van der Waals surface area contributed by atoms with Gasteiger partial charge >= 0.3 is 6.18 Å². The topological polar surface area (TPSA) is 94.2 Å². The minimum atomic E-state index is -4.72. The molecule has 0 bridgehead atoms. The average Bonchev–Trinajstić information content (AvgIpc) is 2.91. The fraction of sp³-hybridized carbons (Fsp3) is 0.296. The van der Waals surface area contributed by atoms with Crippen LogP contribution in [0, 0.1) is 0 Å². The molecule has 8 nitrogen and oxygen atoms in total. The van der Waals surface area contributed by atoms with Gasteiger partial charge in [0.25, 0.3) is 10.0 Å². The zero-order valence-corrected chi connectivity index (χ0v) is 22.6. The number of nitrogens with one attached hydrogen (secondary N) is 1. The number of rotatable bonds is 11. The van der Waals surface area contributed by atoms with Crippen LogP contribution in [0.1, 0.15) is 31.0 Å². The van der Waals surface area contributed by atoms with Crippen LogP contribution in [-0.2, 0) is 21.0 Å². The molecule has 0 fully saturated rings. The summed E-state index contributed by atoms with van der Waals surface area (Å²) in [7, 11) is -1.84. The lowest BCUT2D eigenvalue weighted by Gasteiger charge is -2.26. The van der Waals surface area contributed by atoms with Crippen LogP contribution in [0.4, 0.5) is 18.9 Å². The highest BCUT2D eigenvalue weighted by Gasteiger charge is 2.33. The van der Waals surface area contributed by atoms with E-state index >= 15 is 0 Å². The summed E-state index contributed by atoms with van der Waals surface area (Å²) in [6.45, 7) is 3.26. The number of carbonyl (C=O) groups is 1. The molecule has 12 heteroatoms. The van der Waals surface area contributed by atoms with E-state index < -0.39 is 40.3 Å². The summed E-state index contributed by atoms with van der Waals surface area (Å²) in [5, 5.41) is 2.70. The van der Waals surface area contributed by atoms with Crippen LogP contribution < -0.4 is 23.8 Å². The van der Waals surface area contributed by atoms with E-state index in [1.165, 1.54) is 38.5 Å². The number of amides is 1. The Morgan fingerprint density at radius 3 is 2.23 bits per heavy atom. The Labute approximate surface area is 225 Å². The molecule has 1 atom stereocenters. The molecule has 0 aliphatic heterocycles. The van der Waals surface area contributed by atoms with Gasteiger partial charge < -0.3 is 19.5 Å². The molecule has 1 amide bonds. The molecule has 1 N–H and O–H groups in total. The monoisotopic (exact) mass is 566 g/mol.